The average Bonchev–Trinajstić information content (AvgIpc) is 2.36. The molecular weight excluding hydrogens is 236 g/mol. The van der Waals surface area contributed by atoms with Crippen LogP contribution < -0.4 is 16.0 Å². The van der Waals surface area contributed by atoms with Gasteiger partial charge in [-0.15, -0.1) is 0 Å². The lowest BCUT2D eigenvalue weighted by atomic mass is 10.3. The van der Waals surface area contributed by atoms with Gasteiger partial charge in [-0.3, -0.25) is 9.69 Å². The molecule has 18 heavy (non-hydrogen) atoms. The van der Waals surface area contributed by atoms with Crippen LogP contribution in [0, 0.1) is 0 Å². The lowest BCUT2D eigenvalue weighted by Gasteiger charge is -2.27. The predicted molar refractivity (Wildman–Crippen MR) is 67.6 cm³/mol. The first-order chi connectivity index (χ1) is 8.68. The Morgan fingerprint density at radius 2 is 1.83 bits per heavy atom. The van der Waals surface area contributed by atoms with Crippen LogP contribution in [-0.2, 0) is 4.79 Å². The number of piperazine rings is 1. The van der Waals surface area contributed by atoms with E-state index in [0.29, 0.717) is 19.5 Å². The molecule has 0 aromatic heterocycles. The second-order valence-electron chi connectivity index (χ2n) is 4.27. The molecule has 4 N–H and O–H groups in total. The van der Waals surface area contributed by atoms with Gasteiger partial charge in [0.15, 0.2) is 0 Å². The fourth-order valence-corrected chi connectivity index (χ4v) is 1.77. The Morgan fingerprint density at radius 3 is 2.50 bits per heavy atom. The predicted octanol–water partition coefficient (Wildman–Crippen LogP) is -0.944. The molecule has 0 bridgehead atoms. The van der Waals surface area contributed by atoms with Crippen molar-refractivity contribution in [3.63, 3.8) is 0 Å². The number of carbonyl (C=O) groups is 2. The highest BCUT2D eigenvalue weighted by molar-refractivity contribution is 5.73. The van der Waals surface area contributed by atoms with Crippen molar-refractivity contribution in [1.82, 2.24) is 20.9 Å². The third-order valence-corrected chi connectivity index (χ3v) is 2.78. The summed E-state index contributed by atoms with van der Waals surface area (Å²) < 4.78 is 0. The Bertz CT molecular complexity index is 267. The van der Waals surface area contributed by atoms with Crippen LogP contribution in [-0.4, -0.2) is 67.8 Å². The van der Waals surface area contributed by atoms with Crippen molar-refractivity contribution in [2.75, 3.05) is 45.8 Å². The standard InChI is InChI=1S/C11H22N4O3/c16-10(17)2-1-3-13-11(18)14-6-9-15-7-4-12-5-8-15/h12H,1-9H2,(H,16,17)(H2,13,14,18). The molecule has 1 aliphatic heterocycles. The highest BCUT2D eigenvalue weighted by Crippen LogP contribution is 1.90. The molecule has 0 aromatic rings. The number of amides is 2. The van der Waals surface area contributed by atoms with E-state index in [1.807, 2.05) is 0 Å². The second-order valence-corrected chi connectivity index (χ2v) is 4.27. The van der Waals surface area contributed by atoms with Gasteiger partial charge >= 0.3 is 12.0 Å². The molecule has 7 nitrogen and oxygen atoms in total. The van der Waals surface area contributed by atoms with Crippen molar-refractivity contribution < 1.29 is 14.7 Å². The van der Waals surface area contributed by atoms with Gasteiger partial charge in [-0.25, -0.2) is 4.79 Å². The van der Waals surface area contributed by atoms with Crippen molar-refractivity contribution in [2.24, 2.45) is 0 Å². The van der Waals surface area contributed by atoms with Crippen molar-refractivity contribution in [3.8, 4) is 0 Å². The molecule has 1 rings (SSSR count). The second kappa shape index (κ2) is 8.71. The highest BCUT2D eigenvalue weighted by Gasteiger charge is 2.09. The van der Waals surface area contributed by atoms with Gasteiger partial charge in [0.1, 0.15) is 0 Å². The molecule has 7 heteroatoms. The number of nitrogens with one attached hydrogen (secondary N) is 3. The minimum atomic E-state index is -0.837. The Morgan fingerprint density at radius 1 is 1.17 bits per heavy atom. The summed E-state index contributed by atoms with van der Waals surface area (Å²) in [6, 6.07) is -0.226. The van der Waals surface area contributed by atoms with Crippen LogP contribution in [0.3, 0.4) is 0 Å². The van der Waals surface area contributed by atoms with E-state index in [9.17, 15) is 9.59 Å². The summed E-state index contributed by atoms with van der Waals surface area (Å²) in [6.45, 7) is 5.90. The fraction of sp³-hybridized carbons (Fsp3) is 0.818. The molecule has 1 fully saturated rings. The van der Waals surface area contributed by atoms with Gasteiger partial charge in [0.2, 0.25) is 0 Å². The van der Waals surface area contributed by atoms with Crippen LogP contribution in [0.1, 0.15) is 12.8 Å². The summed E-state index contributed by atoms with van der Waals surface area (Å²) >= 11 is 0. The number of aliphatic carboxylic acids is 1. The maximum absolute atomic E-state index is 11.3. The minimum Gasteiger partial charge on any atom is -0.481 e. The van der Waals surface area contributed by atoms with E-state index in [4.69, 9.17) is 5.11 Å². The SMILES string of the molecule is O=C(O)CCCNC(=O)NCCN1CCNCC1. The molecule has 1 aliphatic rings. The molecular formula is C11H22N4O3. The monoisotopic (exact) mass is 258 g/mol. The molecule has 0 spiro atoms. The van der Waals surface area contributed by atoms with Crippen molar-refractivity contribution in [1.29, 1.82) is 0 Å². The van der Waals surface area contributed by atoms with Crippen molar-refractivity contribution in [3.05, 3.63) is 0 Å². The molecule has 0 radical (unpaired) electrons. The van der Waals surface area contributed by atoms with E-state index >= 15 is 0 Å². The zero-order valence-corrected chi connectivity index (χ0v) is 10.6. The number of carboxylic acid groups (broad SMARTS) is 1. The zero-order valence-electron chi connectivity index (χ0n) is 10.6. The first-order valence-electron chi connectivity index (χ1n) is 6.35. The summed E-state index contributed by atoms with van der Waals surface area (Å²) in [4.78, 5) is 23.9. The van der Waals surface area contributed by atoms with Crippen molar-refractivity contribution in [2.45, 2.75) is 12.8 Å². The molecule has 0 unspecified atom stereocenters. The van der Waals surface area contributed by atoms with Crippen molar-refractivity contribution >= 4 is 12.0 Å². The summed E-state index contributed by atoms with van der Waals surface area (Å²) in [5.74, 6) is -0.837. The largest absolute Gasteiger partial charge is 0.481 e. The molecule has 1 saturated heterocycles. The average molecular weight is 258 g/mol. The Balaban J connectivity index is 1.94. The summed E-state index contributed by atoms with van der Waals surface area (Å²) in [5, 5.41) is 17.1. The summed E-state index contributed by atoms with van der Waals surface area (Å²) in [5.41, 5.74) is 0. The lowest BCUT2D eigenvalue weighted by molar-refractivity contribution is -0.137. The Hall–Kier alpha value is -1.34. The molecule has 1 heterocycles. The van der Waals surface area contributed by atoms with Gasteiger partial charge in [0.05, 0.1) is 0 Å². The quantitative estimate of drug-likeness (QED) is 0.442. The van der Waals surface area contributed by atoms with E-state index in [1.54, 1.807) is 0 Å². The van der Waals surface area contributed by atoms with Crippen LogP contribution in [0.4, 0.5) is 4.79 Å². The van der Waals surface area contributed by atoms with Gasteiger partial charge in [-0.1, -0.05) is 0 Å². The Labute approximate surface area is 107 Å². The van der Waals surface area contributed by atoms with Crippen LogP contribution >= 0.6 is 0 Å². The number of carboxylic acids is 1. The first kappa shape index (κ1) is 14.7. The minimum absolute atomic E-state index is 0.0844. The molecule has 0 atom stereocenters. The van der Waals surface area contributed by atoms with E-state index < -0.39 is 5.97 Å². The van der Waals surface area contributed by atoms with Gasteiger partial charge < -0.3 is 21.1 Å². The van der Waals surface area contributed by atoms with E-state index in [1.165, 1.54) is 0 Å². The molecule has 104 valence electrons. The maximum atomic E-state index is 11.3. The normalized spacial score (nSPS) is 16.2. The Kier molecular flexibility index (Phi) is 7.12. The van der Waals surface area contributed by atoms with E-state index in [2.05, 4.69) is 20.9 Å². The molecule has 0 aliphatic carbocycles. The maximum Gasteiger partial charge on any atom is 0.314 e. The number of carbonyl (C=O) groups excluding carboxylic acids is 1. The number of hydrogen-bond acceptors (Lipinski definition) is 4. The number of rotatable bonds is 7. The van der Waals surface area contributed by atoms with Gasteiger partial charge in [0, 0.05) is 52.2 Å². The van der Waals surface area contributed by atoms with Crippen LogP contribution in [0.25, 0.3) is 0 Å². The fourth-order valence-electron chi connectivity index (χ4n) is 1.77. The zero-order chi connectivity index (χ0) is 13.2. The number of nitrogens with zero attached hydrogens (tertiary/aromatic N) is 1. The van der Waals surface area contributed by atoms with Gasteiger partial charge in [0.25, 0.3) is 0 Å². The van der Waals surface area contributed by atoms with Gasteiger partial charge in [-0.05, 0) is 6.42 Å². The van der Waals surface area contributed by atoms with Crippen LogP contribution in [0.2, 0.25) is 0 Å². The lowest BCUT2D eigenvalue weighted by Crippen LogP contribution is -2.47. The number of hydrogen-bond donors (Lipinski definition) is 4. The van der Waals surface area contributed by atoms with Crippen LogP contribution in [0.15, 0.2) is 0 Å². The van der Waals surface area contributed by atoms with E-state index in [-0.39, 0.29) is 12.5 Å². The third-order valence-electron chi connectivity index (χ3n) is 2.78. The van der Waals surface area contributed by atoms with Gasteiger partial charge in [-0.2, -0.15) is 0 Å². The third kappa shape index (κ3) is 7.08. The van der Waals surface area contributed by atoms with E-state index in [0.717, 1.165) is 32.7 Å². The van der Waals surface area contributed by atoms with Crippen LogP contribution in [0.5, 0.6) is 0 Å². The highest BCUT2D eigenvalue weighted by atomic mass is 16.4. The topological polar surface area (TPSA) is 93.7 Å². The molecule has 0 saturated carbocycles. The summed E-state index contributed by atoms with van der Waals surface area (Å²) in [6.07, 6.45) is 0.543. The first-order valence-corrected chi connectivity index (χ1v) is 6.35. The smallest absolute Gasteiger partial charge is 0.314 e. The molecule has 2 amide bonds. The number of urea groups is 1. The molecule has 0 aromatic carbocycles. The summed E-state index contributed by atoms with van der Waals surface area (Å²) in [7, 11) is 0.